The molecule has 0 radical (unpaired) electrons. The Morgan fingerprint density at radius 3 is 2.74 bits per heavy atom. The minimum Gasteiger partial charge on any atom is -0.370 e. The molecule has 0 aromatic carbocycles. The number of alkyl halides is 1. The van der Waals surface area contributed by atoms with Crippen LogP contribution in [0, 0.1) is 0 Å². The lowest BCUT2D eigenvalue weighted by Gasteiger charge is -2.29. The molecule has 0 aromatic heterocycles. The van der Waals surface area contributed by atoms with Gasteiger partial charge in [-0.25, -0.2) is 0 Å². The molecule has 3 fully saturated rings. The predicted octanol–water partition coefficient (Wildman–Crippen LogP) is 3.96. The number of nitrogens with zero attached hydrogens (tertiary/aromatic N) is 1. The first kappa shape index (κ1) is 14.2. The van der Waals surface area contributed by atoms with E-state index in [0.29, 0.717) is 23.1 Å². The van der Waals surface area contributed by atoms with Crippen LogP contribution in [-0.4, -0.2) is 41.1 Å². The van der Waals surface area contributed by atoms with Gasteiger partial charge in [-0.3, -0.25) is 4.90 Å². The van der Waals surface area contributed by atoms with Crippen LogP contribution in [0.3, 0.4) is 0 Å². The van der Waals surface area contributed by atoms with Crippen molar-refractivity contribution < 1.29 is 4.74 Å². The average Bonchev–Trinajstić information content (AvgIpc) is 3.06. The molecule has 110 valence electrons. The van der Waals surface area contributed by atoms with E-state index in [9.17, 15) is 0 Å². The molecule has 1 aliphatic carbocycles. The van der Waals surface area contributed by atoms with Crippen molar-refractivity contribution in [3.63, 3.8) is 0 Å². The summed E-state index contributed by atoms with van der Waals surface area (Å²) >= 11 is 6.18. The Bertz CT molecular complexity index is 301. The summed E-state index contributed by atoms with van der Waals surface area (Å²) in [5, 5.41) is 0.302. The van der Waals surface area contributed by atoms with Gasteiger partial charge in [0.05, 0.1) is 11.7 Å². The molecular weight excluding hydrogens is 258 g/mol. The summed E-state index contributed by atoms with van der Waals surface area (Å²) in [5.41, 5.74) is 0.291. The molecule has 19 heavy (non-hydrogen) atoms. The summed E-state index contributed by atoms with van der Waals surface area (Å²) in [4.78, 5) is 2.65. The molecule has 2 nitrogen and oxygen atoms in total. The van der Waals surface area contributed by atoms with E-state index in [-0.39, 0.29) is 0 Å². The van der Waals surface area contributed by atoms with Gasteiger partial charge >= 0.3 is 0 Å². The summed E-state index contributed by atoms with van der Waals surface area (Å²) in [7, 11) is 0. The molecule has 0 bridgehead atoms. The highest BCUT2D eigenvalue weighted by Gasteiger charge is 2.43. The third-order valence-electron chi connectivity index (χ3n) is 5.39. The van der Waals surface area contributed by atoms with E-state index in [0.717, 1.165) is 13.0 Å². The highest BCUT2D eigenvalue weighted by molar-refractivity contribution is 6.20. The first-order valence-corrected chi connectivity index (χ1v) is 8.66. The number of ether oxygens (including phenoxy) is 1. The maximum atomic E-state index is 6.45. The Morgan fingerprint density at radius 1 is 1.21 bits per heavy atom. The standard InChI is InChI=1S/C16H28ClNO/c1-13(17)11-14-5-4-10-18(14)12-15-6-9-16(19-15)7-2-3-8-16/h13-15H,2-12H2,1H3. The number of hydrogen-bond acceptors (Lipinski definition) is 2. The van der Waals surface area contributed by atoms with Gasteiger partial charge in [-0.05, 0) is 58.4 Å². The topological polar surface area (TPSA) is 12.5 Å². The molecule has 0 amide bonds. The van der Waals surface area contributed by atoms with E-state index in [1.807, 2.05) is 0 Å². The normalized spacial score (nSPS) is 36.3. The quantitative estimate of drug-likeness (QED) is 0.725. The average molecular weight is 286 g/mol. The molecule has 0 N–H and O–H groups in total. The highest BCUT2D eigenvalue weighted by Crippen LogP contribution is 2.43. The van der Waals surface area contributed by atoms with Gasteiger partial charge in [0.15, 0.2) is 0 Å². The second-order valence-electron chi connectivity index (χ2n) is 6.98. The Labute approximate surface area is 122 Å². The molecule has 3 aliphatic rings. The van der Waals surface area contributed by atoms with Crippen molar-refractivity contribution in [2.24, 2.45) is 0 Å². The zero-order valence-electron chi connectivity index (χ0n) is 12.2. The highest BCUT2D eigenvalue weighted by atomic mass is 35.5. The van der Waals surface area contributed by atoms with Gasteiger partial charge in [0, 0.05) is 18.0 Å². The lowest BCUT2D eigenvalue weighted by molar-refractivity contribution is -0.0486. The maximum Gasteiger partial charge on any atom is 0.0710 e. The summed E-state index contributed by atoms with van der Waals surface area (Å²) in [5.74, 6) is 0. The minimum atomic E-state index is 0.291. The Morgan fingerprint density at radius 2 is 2.00 bits per heavy atom. The number of hydrogen-bond donors (Lipinski definition) is 0. The van der Waals surface area contributed by atoms with Crippen molar-refractivity contribution in [2.75, 3.05) is 13.1 Å². The van der Waals surface area contributed by atoms with Crippen LogP contribution in [0.2, 0.25) is 0 Å². The lowest BCUT2D eigenvalue weighted by Crippen LogP contribution is -2.38. The van der Waals surface area contributed by atoms with Gasteiger partial charge in [-0.2, -0.15) is 0 Å². The number of likely N-dealkylation sites (tertiary alicyclic amines) is 1. The van der Waals surface area contributed by atoms with E-state index in [2.05, 4.69) is 11.8 Å². The van der Waals surface area contributed by atoms with Crippen molar-refractivity contribution in [1.29, 1.82) is 0 Å². The van der Waals surface area contributed by atoms with Crippen LogP contribution in [0.5, 0.6) is 0 Å². The van der Waals surface area contributed by atoms with Crippen LogP contribution >= 0.6 is 11.6 Å². The minimum absolute atomic E-state index is 0.291. The smallest absolute Gasteiger partial charge is 0.0710 e. The molecule has 1 spiro atoms. The molecule has 3 rings (SSSR count). The van der Waals surface area contributed by atoms with Gasteiger partial charge in [-0.15, -0.1) is 11.6 Å². The molecule has 3 atom stereocenters. The van der Waals surface area contributed by atoms with Crippen molar-refractivity contribution in [1.82, 2.24) is 4.90 Å². The summed E-state index contributed by atoms with van der Waals surface area (Å²) in [6, 6.07) is 0.705. The second-order valence-corrected chi connectivity index (χ2v) is 7.72. The molecular formula is C16H28ClNO. The fraction of sp³-hybridized carbons (Fsp3) is 1.00. The first-order chi connectivity index (χ1) is 9.17. The van der Waals surface area contributed by atoms with Crippen LogP contribution in [-0.2, 0) is 4.74 Å². The molecule has 2 aliphatic heterocycles. The van der Waals surface area contributed by atoms with Crippen LogP contribution in [0.4, 0.5) is 0 Å². The molecule has 3 unspecified atom stereocenters. The maximum absolute atomic E-state index is 6.45. The SMILES string of the molecule is CC(Cl)CC1CCCN1CC1CCC2(CCCC2)O1. The van der Waals surface area contributed by atoms with Crippen molar-refractivity contribution >= 4 is 11.6 Å². The van der Waals surface area contributed by atoms with E-state index in [1.165, 1.54) is 57.9 Å². The van der Waals surface area contributed by atoms with E-state index >= 15 is 0 Å². The summed E-state index contributed by atoms with van der Waals surface area (Å²) < 4.78 is 6.45. The lowest BCUT2D eigenvalue weighted by atomic mass is 9.98. The Hall–Kier alpha value is 0.210. The number of rotatable bonds is 4. The third kappa shape index (κ3) is 3.28. The van der Waals surface area contributed by atoms with E-state index in [4.69, 9.17) is 16.3 Å². The van der Waals surface area contributed by atoms with Gasteiger partial charge in [0.1, 0.15) is 0 Å². The second kappa shape index (κ2) is 5.91. The molecule has 2 heterocycles. The zero-order valence-corrected chi connectivity index (χ0v) is 13.0. The van der Waals surface area contributed by atoms with Crippen molar-refractivity contribution in [2.45, 2.75) is 87.8 Å². The molecule has 2 saturated heterocycles. The fourth-order valence-electron chi connectivity index (χ4n) is 4.45. The third-order valence-corrected chi connectivity index (χ3v) is 5.57. The molecule has 0 aromatic rings. The van der Waals surface area contributed by atoms with Crippen molar-refractivity contribution in [3.05, 3.63) is 0 Å². The van der Waals surface area contributed by atoms with Gasteiger partial charge in [0.25, 0.3) is 0 Å². The van der Waals surface area contributed by atoms with Gasteiger partial charge in [-0.1, -0.05) is 12.8 Å². The predicted molar refractivity (Wildman–Crippen MR) is 79.8 cm³/mol. The Balaban J connectivity index is 1.51. The van der Waals surface area contributed by atoms with E-state index < -0.39 is 0 Å². The van der Waals surface area contributed by atoms with Gasteiger partial charge < -0.3 is 4.74 Å². The number of halogens is 1. The van der Waals surface area contributed by atoms with Crippen LogP contribution in [0.25, 0.3) is 0 Å². The molecule has 1 saturated carbocycles. The Kier molecular flexibility index (Phi) is 4.40. The zero-order chi connectivity index (χ0) is 13.3. The largest absolute Gasteiger partial charge is 0.370 e. The van der Waals surface area contributed by atoms with Crippen LogP contribution in [0.15, 0.2) is 0 Å². The first-order valence-electron chi connectivity index (χ1n) is 8.23. The summed E-state index contributed by atoms with van der Waals surface area (Å²) in [6.45, 7) is 4.52. The molecule has 3 heteroatoms. The van der Waals surface area contributed by atoms with Crippen LogP contribution < -0.4 is 0 Å². The summed E-state index contributed by atoms with van der Waals surface area (Å²) in [6.07, 6.45) is 12.3. The van der Waals surface area contributed by atoms with E-state index in [1.54, 1.807) is 0 Å². The van der Waals surface area contributed by atoms with Gasteiger partial charge in [0.2, 0.25) is 0 Å². The monoisotopic (exact) mass is 285 g/mol. The van der Waals surface area contributed by atoms with Crippen LogP contribution in [0.1, 0.15) is 64.7 Å². The van der Waals surface area contributed by atoms with Crippen molar-refractivity contribution in [3.8, 4) is 0 Å². The fourth-order valence-corrected chi connectivity index (χ4v) is 4.66.